The molecule has 3 N–H and O–H groups in total. The molecule has 2 aliphatic heterocycles. The van der Waals surface area contributed by atoms with Crippen molar-refractivity contribution >= 4 is 11.9 Å². The first-order valence-corrected chi connectivity index (χ1v) is 7.21. The van der Waals surface area contributed by atoms with Crippen LogP contribution in [0.1, 0.15) is 33.1 Å². The van der Waals surface area contributed by atoms with Gasteiger partial charge < -0.3 is 20.5 Å². The molecular weight excluding hydrogens is 260 g/mol. The van der Waals surface area contributed by atoms with Crippen LogP contribution in [0.25, 0.3) is 0 Å². The van der Waals surface area contributed by atoms with Gasteiger partial charge in [-0.3, -0.25) is 9.59 Å². The number of nitrogens with zero attached hydrogens (tertiary/aromatic N) is 1. The Morgan fingerprint density at radius 1 is 1.25 bits per heavy atom. The van der Waals surface area contributed by atoms with Crippen molar-refractivity contribution < 1.29 is 19.4 Å². The molecule has 0 saturated carbocycles. The van der Waals surface area contributed by atoms with Gasteiger partial charge in [-0.25, -0.2) is 0 Å². The lowest BCUT2D eigenvalue weighted by Gasteiger charge is -2.36. The molecule has 0 spiro atoms. The number of hydrogen-bond donors (Lipinski definition) is 2. The van der Waals surface area contributed by atoms with Crippen LogP contribution in [0.2, 0.25) is 0 Å². The number of carboxylic acid groups (broad SMARTS) is 1. The van der Waals surface area contributed by atoms with Gasteiger partial charge in [-0.1, -0.05) is 13.8 Å². The van der Waals surface area contributed by atoms with Crippen molar-refractivity contribution in [2.45, 2.75) is 38.6 Å². The average Bonchev–Trinajstić information content (AvgIpc) is 2.85. The fraction of sp³-hybridized carbons (Fsp3) is 0.857. The van der Waals surface area contributed by atoms with Crippen LogP contribution in [0.3, 0.4) is 0 Å². The second-order valence-electron chi connectivity index (χ2n) is 6.36. The van der Waals surface area contributed by atoms with E-state index in [2.05, 4.69) is 0 Å². The van der Waals surface area contributed by atoms with Gasteiger partial charge in [-0.15, -0.1) is 0 Å². The maximum absolute atomic E-state index is 12.6. The van der Waals surface area contributed by atoms with Crippen LogP contribution in [0, 0.1) is 11.3 Å². The minimum atomic E-state index is -0.885. The number of rotatable bonds is 3. The molecule has 1 atom stereocenters. The van der Waals surface area contributed by atoms with Crippen LogP contribution >= 0.6 is 0 Å². The van der Waals surface area contributed by atoms with Gasteiger partial charge in [0, 0.05) is 26.3 Å². The van der Waals surface area contributed by atoms with E-state index in [1.54, 1.807) is 4.90 Å². The van der Waals surface area contributed by atoms with Crippen molar-refractivity contribution in [3.05, 3.63) is 0 Å². The van der Waals surface area contributed by atoms with Crippen molar-refractivity contribution in [2.24, 2.45) is 17.1 Å². The zero-order valence-electron chi connectivity index (χ0n) is 12.2. The fourth-order valence-corrected chi connectivity index (χ4v) is 3.16. The summed E-state index contributed by atoms with van der Waals surface area (Å²) in [7, 11) is 0. The highest BCUT2D eigenvalue weighted by Gasteiger charge is 2.51. The minimum absolute atomic E-state index is 0.0128. The first kappa shape index (κ1) is 15.3. The van der Waals surface area contributed by atoms with Crippen molar-refractivity contribution in [3.63, 3.8) is 0 Å². The smallest absolute Gasteiger partial charge is 0.311 e. The molecular formula is C14H24N2O4. The monoisotopic (exact) mass is 284 g/mol. The van der Waals surface area contributed by atoms with Crippen LogP contribution < -0.4 is 5.73 Å². The number of hydrogen-bond acceptors (Lipinski definition) is 4. The summed E-state index contributed by atoms with van der Waals surface area (Å²) in [5.41, 5.74) is 4.48. The van der Waals surface area contributed by atoms with Gasteiger partial charge in [-0.2, -0.15) is 0 Å². The Balaban J connectivity index is 2.12. The second kappa shape index (κ2) is 5.33. The number of likely N-dealkylation sites (tertiary alicyclic amines) is 1. The van der Waals surface area contributed by atoms with Gasteiger partial charge in [-0.05, 0) is 25.2 Å². The maximum Gasteiger partial charge on any atom is 0.311 e. The number of carbonyl (C=O) groups excluding carboxylic acids is 1. The number of carboxylic acids is 1. The largest absolute Gasteiger partial charge is 0.481 e. The van der Waals surface area contributed by atoms with E-state index in [0.717, 1.165) is 0 Å². The number of amides is 1. The van der Waals surface area contributed by atoms with Gasteiger partial charge in [0.1, 0.15) is 0 Å². The third kappa shape index (κ3) is 2.42. The summed E-state index contributed by atoms with van der Waals surface area (Å²) in [6.07, 6.45) is 1.51. The standard InChI is InChI=1S/C14H24N2O4/c1-10(2)13(12(18)19)3-6-16(9-13)11(17)14(15)4-7-20-8-5-14/h10H,3-9,15H2,1-2H3,(H,18,19). The third-order valence-electron chi connectivity index (χ3n) is 4.93. The highest BCUT2D eigenvalue weighted by molar-refractivity contribution is 5.88. The Kier molecular flexibility index (Phi) is 4.07. The molecule has 0 bridgehead atoms. The van der Waals surface area contributed by atoms with Gasteiger partial charge in [0.15, 0.2) is 0 Å². The molecule has 114 valence electrons. The highest BCUT2D eigenvalue weighted by Crippen LogP contribution is 2.39. The quantitative estimate of drug-likeness (QED) is 0.785. The summed E-state index contributed by atoms with van der Waals surface area (Å²) in [5.74, 6) is -0.952. The molecule has 1 unspecified atom stereocenters. The van der Waals surface area contributed by atoms with Crippen LogP contribution in [0.15, 0.2) is 0 Å². The normalized spacial score (nSPS) is 29.7. The molecule has 0 aliphatic carbocycles. The molecule has 20 heavy (non-hydrogen) atoms. The maximum atomic E-state index is 12.6. The first-order valence-electron chi connectivity index (χ1n) is 7.21. The van der Waals surface area contributed by atoms with Crippen LogP contribution in [-0.4, -0.2) is 53.7 Å². The zero-order chi connectivity index (χ0) is 15.0. The molecule has 6 heteroatoms. The lowest BCUT2D eigenvalue weighted by atomic mass is 9.76. The lowest BCUT2D eigenvalue weighted by Crippen LogP contribution is -2.58. The second-order valence-corrected chi connectivity index (χ2v) is 6.36. The van der Waals surface area contributed by atoms with Crippen LogP contribution in [0.5, 0.6) is 0 Å². The Morgan fingerprint density at radius 2 is 1.85 bits per heavy atom. The molecule has 6 nitrogen and oxygen atoms in total. The third-order valence-corrected chi connectivity index (χ3v) is 4.93. The van der Waals surface area contributed by atoms with Crippen LogP contribution in [0.4, 0.5) is 0 Å². The van der Waals surface area contributed by atoms with Crippen LogP contribution in [-0.2, 0) is 14.3 Å². The molecule has 0 aromatic carbocycles. The topological polar surface area (TPSA) is 92.9 Å². The average molecular weight is 284 g/mol. The summed E-state index contributed by atoms with van der Waals surface area (Å²) in [5, 5.41) is 9.52. The summed E-state index contributed by atoms with van der Waals surface area (Å²) in [6, 6.07) is 0. The van der Waals surface area contributed by atoms with E-state index >= 15 is 0 Å². The molecule has 2 aliphatic rings. The number of ether oxygens (including phenoxy) is 1. The van der Waals surface area contributed by atoms with Gasteiger partial charge in [0.2, 0.25) is 5.91 Å². The van der Waals surface area contributed by atoms with Crippen molar-refractivity contribution in [2.75, 3.05) is 26.3 Å². The van der Waals surface area contributed by atoms with E-state index in [1.165, 1.54) is 0 Å². The molecule has 0 aromatic rings. The zero-order valence-corrected chi connectivity index (χ0v) is 12.2. The van der Waals surface area contributed by atoms with E-state index in [0.29, 0.717) is 39.0 Å². The molecule has 0 aromatic heterocycles. The fourth-order valence-electron chi connectivity index (χ4n) is 3.16. The molecule has 2 rings (SSSR count). The number of nitrogens with two attached hydrogens (primary N) is 1. The van der Waals surface area contributed by atoms with E-state index in [4.69, 9.17) is 10.5 Å². The minimum Gasteiger partial charge on any atom is -0.481 e. The predicted molar refractivity (Wildman–Crippen MR) is 73.1 cm³/mol. The Bertz CT molecular complexity index is 404. The molecule has 1 amide bonds. The Morgan fingerprint density at radius 3 is 2.30 bits per heavy atom. The molecule has 0 radical (unpaired) electrons. The highest BCUT2D eigenvalue weighted by atomic mass is 16.5. The van der Waals surface area contributed by atoms with Gasteiger partial charge >= 0.3 is 5.97 Å². The van der Waals surface area contributed by atoms with Gasteiger partial charge in [0.05, 0.1) is 11.0 Å². The Labute approximate surface area is 119 Å². The van der Waals surface area contributed by atoms with E-state index in [-0.39, 0.29) is 18.4 Å². The summed E-state index contributed by atoms with van der Waals surface area (Å²) >= 11 is 0. The van der Waals surface area contributed by atoms with Gasteiger partial charge in [0.25, 0.3) is 0 Å². The first-order chi connectivity index (χ1) is 9.32. The Hall–Kier alpha value is -1.14. The van der Waals surface area contributed by atoms with Crippen molar-refractivity contribution in [1.82, 2.24) is 4.90 Å². The van der Waals surface area contributed by atoms with E-state index in [1.807, 2.05) is 13.8 Å². The number of carbonyl (C=O) groups is 2. The lowest BCUT2D eigenvalue weighted by molar-refractivity contribution is -0.152. The number of aliphatic carboxylic acids is 1. The molecule has 2 heterocycles. The molecule has 2 fully saturated rings. The summed E-state index contributed by atoms with van der Waals surface area (Å²) in [4.78, 5) is 25.8. The SMILES string of the molecule is CC(C)C1(C(=O)O)CCN(C(=O)C2(N)CCOCC2)C1. The van der Waals surface area contributed by atoms with Crippen molar-refractivity contribution in [3.8, 4) is 0 Å². The van der Waals surface area contributed by atoms with Crippen molar-refractivity contribution in [1.29, 1.82) is 0 Å². The van der Waals surface area contributed by atoms with E-state index < -0.39 is 16.9 Å². The predicted octanol–water partition coefficient (Wildman–Crippen LogP) is 0.454. The molecule has 2 saturated heterocycles. The van der Waals surface area contributed by atoms with E-state index in [9.17, 15) is 14.7 Å². The summed E-state index contributed by atoms with van der Waals surface area (Å²) < 4.78 is 5.25. The summed E-state index contributed by atoms with van der Waals surface area (Å²) in [6.45, 7) is 5.51.